The quantitative estimate of drug-likeness (QED) is 0.149. The van der Waals surface area contributed by atoms with E-state index < -0.39 is 0 Å². The summed E-state index contributed by atoms with van der Waals surface area (Å²) >= 11 is 0. The van der Waals surface area contributed by atoms with Crippen LogP contribution in [-0.4, -0.2) is 4.57 Å². The minimum absolute atomic E-state index is 0.143. The molecule has 1 aliphatic carbocycles. The van der Waals surface area contributed by atoms with E-state index in [0.717, 1.165) is 24.0 Å². The first-order valence-electron chi connectivity index (χ1n) is 23.3. The van der Waals surface area contributed by atoms with Crippen LogP contribution in [0.15, 0.2) is 223 Å². The second-order valence-corrected chi connectivity index (χ2v) is 18.8. The molecule has 2 nitrogen and oxygen atoms in total. The highest BCUT2D eigenvalue weighted by molar-refractivity contribution is 6.10. The van der Waals surface area contributed by atoms with E-state index in [1.165, 1.54) is 110 Å². The van der Waals surface area contributed by atoms with Gasteiger partial charge in [-0.1, -0.05) is 172 Å². The number of para-hydroxylation sites is 3. The predicted molar refractivity (Wildman–Crippen MR) is 277 cm³/mol. The predicted octanol–water partition coefficient (Wildman–Crippen LogP) is 17.2. The Kier molecular flexibility index (Phi) is 8.80. The highest BCUT2D eigenvalue weighted by Crippen LogP contribution is 2.50. The summed E-state index contributed by atoms with van der Waals surface area (Å²) in [6.07, 6.45) is 1.94. The fourth-order valence-corrected chi connectivity index (χ4v) is 11.2. The van der Waals surface area contributed by atoms with Gasteiger partial charge in [-0.15, -0.1) is 0 Å². The molecule has 0 spiro atoms. The van der Waals surface area contributed by atoms with E-state index in [1.54, 1.807) is 0 Å². The van der Waals surface area contributed by atoms with Crippen molar-refractivity contribution in [1.82, 2.24) is 4.57 Å². The van der Waals surface area contributed by atoms with Crippen molar-refractivity contribution in [3.63, 3.8) is 0 Å². The molecule has 0 radical (unpaired) electrons. The first-order chi connectivity index (χ1) is 32.4. The van der Waals surface area contributed by atoms with Crippen molar-refractivity contribution in [3.05, 3.63) is 246 Å². The molecule has 0 saturated heterocycles. The van der Waals surface area contributed by atoms with Gasteiger partial charge in [-0.05, 0) is 145 Å². The molecule has 2 aromatic heterocycles. The van der Waals surface area contributed by atoms with Crippen LogP contribution < -0.4 is 0 Å². The monoisotopic (exact) mass is 845 g/mol. The Morgan fingerprint density at radius 3 is 1.91 bits per heavy atom. The molecule has 13 rings (SSSR count). The van der Waals surface area contributed by atoms with Crippen LogP contribution in [0.5, 0.6) is 0 Å². The van der Waals surface area contributed by atoms with Crippen molar-refractivity contribution in [3.8, 4) is 39.1 Å². The van der Waals surface area contributed by atoms with Gasteiger partial charge in [0, 0.05) is 38.6 Å². The van der Waals surface area contributed by atoms with Crippen LogP contribution in [0, 0.1) is 0 Å². The maximum absolute atomic E-state index is 6.29. The number of hydrogen-bond donors (Lipinski definition) is 0. The third kappa shape index (κ3) is 6.24. The number of rotatable bonds is 8. The van der Waals surface area contributed by atoms with Crippen molar-refractivity contribution in [1.29, 1.82) is 0 Å². The Morgan fingerprint density at radius 2 is 1.05 bits per heavy atom. The van der Waals surface area contributed by atoms with Gasteiger partial charge in [0.1, 0.15) is 11.2 Å². The highest BCUT2D eigenvalue weighted by Gasteiger charge is 2.36. The smallest absolute Gasteiger partial charge is 0.135 e. The Balaban J connectivity index is 0.825. The van der Waals surface area contributed by atoms with Gasteiger partial charge >= 0.3 is 0 Å². The van der Waals surface area contributed by atoms with Gasteiger partial charge in [-0.25, -0.2) is 0 Å². The van der Waals surface area contributed by atoms with Crippen molar-refractivity contribution in [2.75, 3.05) is 0 Å². The van der Waals surface area contributed by atoms with E-state index >= 15 is 0 Å². The van der Waals surface area contributed by atoms with E-state index in [0.29, 0.717) is 0 Å². The summed E-state index contributed by atoms with van der Waals surface area (Å²) < 4.78 is 8.67. The highest BCUT2D eigenvalue weighted by atomic mass is 16.3. The van der Waals surface area contributed by atoms with Crippen molar-refractivity contribution in [2.24, 2.45) is 0 Å². The zero-order chi connectivity index (χ0) is 43.9. The average Bonchev–Trinajstić information content (AvgIpc) is 3.98. The standard InChI is InChI=1S/C64H47NO/c1-64(2)58-36-41(21-32-52(58)53-33-28-48(40-59(53)64)47-29-34-61-56(38-47)54-16-8-10-18-60(54)65(61)50-14-4-3-5-15-50)20-31-51(49-30-35-63-57(39-49)55-17-9-11-19-62(55)66-63)44-25-22-43(23-26-44)46-27-24-42-12-6-7-13-45(42)37-46/h3-19,21-30,32-40,51H,20,31H2,1-2H3. The second-order valence-electron chi connectivity index (χ2n) is 18.8. The second kappa shape index (κ2) is 15.1. The average molecular weight is 846 g/mol. The molecule has 66 heavy (non-hydrogen) atoms. The molecule has 2 heteroatoms. The van der Waals surface area contributed by atoms with Crippen LogP contribution in [0.25, 0.3) is 93.6 Å². The lowest BCUT2D eigenvalue weighted by molar-refractivity contribution is 0.657. The van der Waals surface area contributed by atoms with E-state index in [2.05, 4.69) is 231 Å². The first kappa shape index (κ1) is 38.5. The molecule has 2 heterocycles. The molecule has 1 atom stereocenters. The maximum Gasteiger partial charge on any atom is 0.135 e. The number of aryl methyl sites for hydroxylation is 1. The Bertz CT molecular complexity index is 3850. The number of furan rings is 1. The molecule has 0 aliphatic heterocycles. The normalized spacial score (nSPS) is 13.5. The van der Waals surface area contributed by atoms with Gasteiger partial charge in [0.05, 0.1) is 11.0 Å². The number of fused-ring (bicyclic) bond motifs is 10. The van der Waals surface area contributed by atoms with Gasteiger partial charge in [0.2, 0.25) is 0 Å². The van der Waals surface area contributed by atoms with Gasteiger partial charge in [0.15, 0.2) is 0 Å². The van der Waals surface area contributed by atoms with Crippen LogP contribution in [0.3, 0.4) is 0 Å². The summed E-state index contributed by atoms with van der Waals surface area (Å²) in [4.78, 5) is 0. The molecule has 0 amide bonds. The molecule has 314 valence electrons. The minimum Gasteiger partial charge on any atom is -0.456 e. The Morgan fingerprint density at radius 1 is 0.424 bits per heavy atom. The summed E-state index contributed by atoms with van der Waals surface area (Å²) in [5.41, 5.74) is 19.9. The summed E-state index contributed by atoms with van der Waals surface area (Å²) in [5.74, 6) is 0.203. The maximum atomic E-state index is 6.29. The molecule has 1 unspecified atom stereocenters. The summed E-state index contributed by atoms with van der Waals surface area (Å²) in [7, 11) is 0. The zero-order valence-electron chi connectivity index (χ0n) is 37.1. The number of nitrogens with zero attached hydrogens (tertiary/aromatic N) is 1. The van der Waals surface area contributed by atoms with E-state index in [-0.39, 0.29) is 11.3 Å². The van der Waals surface area contributed by atoms with E-state index in [4.69, 9.17) is 4.42 Å². The van der Waals surface area contributed by atoms with Crippen molar-refractivity contribution in [2.45, 2.75) is 38.0 Å². The fraction of sp³-hybridized carbons (Fsp3) is 0.0938. The molecule has 0 saturated carbocycles. The number of hydrogen-bond acceptors (Lipinski definition) is 1. The van der Waals surface area contributed by atoms with Crippen LogP contribution in [0.1, 0.15) is 54.0 Å². The zero-order valence-corrected chi connectivity index (χ0v) is 37.1. The molecule has 0 bridgehead atoms. The number of benzene rings is 10. The topological polar surface area (TPSA) is 18.1 Å². The van der Waals surface area contributed by atoms with Gasteiger partial charge in [0.25, 0.3) is 0 Å². The molecule has 0 N–H and O–H groups in total. The van der Waals surface area contributed by atoms with Crippen LogP contribution >= 0.6 is 0 Å². The largest absolute Gasteiger partial charge is 0.456 e. The molecule has 10 aromatic carbocycles. The summed E-state index contributed by atoms with van der Waals surface area (Å²) in [6, 6.07) is 80.8. The van der Waals surface area contributed by atoms with Gasteiger partial charge in [-0.3, -0.25) is 0 Å². The van der Waals surface area contributed by atoms with Crippen molar-refractivity contribution >= 4 is 54.5 Å². The molecule has 1 aliphatic rings. The lowest BCUT2D eigenvalue weighted by Crippen LogP contribution is -2.15. The van der Waals surface area contributed by atoms with Gasteiger partial charge < -0.3 is 8.98 Å². The van der Waals surface area contributed by atoms with Gasteiger partial charge in [-0.2, -0.15) is 0 Å². The SMILES string of the molecule is CC1(C)c2cc(CCC(c3ccc(-c4ccc5ccccc5c4)cc3)c3ccc4oc5ccccc5c4c3)ccc2-c2ccc(-c3ccc4c(c3)c3ccccc3n4-c3ccccc3)cc21. The molecular formula is C64H47NO. The molecular weight excluding hydrogens is 799 g/mol. The lowest BCUT2D eigenvalue weighted by atomic mass is 9.80. The summed E-state index contributed by atoms with van der Waals surface area (Å²) in [5, 5.41) is 7.42. The first-order valence-corrected chi connectivity index (χ1v) is 23.3. The Labute approximate surface area is 385 Å². The number of aromatic nitrogens is 1. The van der Waals surface area contributed by atoms with E-state index in [1.807, 2.05) is 6.07 Å². The van der Waals surface area contributed by atoms with Crippen LogP contribution in [0.2, 0.25) is 0 Å². The third-order valence-electron chi connectivity index (χ3n) is 14.7. The van der Waals surface area contributed by atoms with E-state index in [9.17, 15) is 0 Å². The molecule has 0 fully saturated rings. The fourth-order valence-electron chi connectivity index (χ4n) is 11.2. The summed E-state index contributed by atoms with van der Waals surface area (Å²) in [6.45, 7) is 4.82. The van der Waals surface area contributed by atoms with Crippen LogP contribution in [0.4, 0.5) is 0 Å². The Hall–Kier alpha value is -7.94. The minimum atomic E-state index is -0.143. The lowest BCUT2D eigenvalue weighted by Gasteiger charge is -2.23. The van der Waals surface area contributed by atoms with Crippen LogP contribution in [-0.2, 0) is 11.8 Å². The van der Waals surface area contributed by atoms with Crippen molar-refractivity contribution < 1.29 is 4.42 Å². The molecule has 12 aromatic rings. The third-order valence-corrected chi connectivity index (χ3v) is 14.7.